The van der Waals surface area contributed by atoms with Crippen molar-refractivity contribution in [2.75, 3.05) is 0 Å². The van der Waals surface area contributed by atoms with Gasteiger partial charge in [0.1, 0.15) is 5.69 Å². The number of nitrogens with zero attached hydrogens (tertiary/aromatic N) is 1. The molecule has 1 aromatic heterocycles. The van der Waals surface area contributed by atoms with Gasteiger partial charge in [-0.15, -0.1) is 0 Å². The standard InChI is InChI=1S/C17H17NO3/c1-11-4-2-5-12(8-11)10-18-14(17(20)21)9-13-6-3-7-15(19)16(13)18/h2,4-5,8-9H,3,6-7,10H2,1H3,(H,20,21). The predicted octanol–water partition coefficient (Wildman–Crippen LogP) is 3.06. The molecule has 1 heterocycles. The number of carboxylic acid groups (broad SMARTS) is 1. The number of carbonyl (C=O) groups is 2. The fraction of sp³-hybridized carbons (Fsp3) is 0.294. The molecule has 0 radical (unpaired) electrons. The van der Waals surface area contributed by atoms with Gasteiger partial charge in [-0.1, -0.05) is 29.8 Å². The third kappa shape index (κ3) is 2.49. The predicted molar refractivity (Wildman–Crippen MR) is 78.9 cm³/mol. The van der Waals surface area contributed by atoms with Crippen LogP contribution >= 0.6 is 0 Å². The minimum absolute atomic E-state index is 0.0522. The summed E-state index contributed by atoms with van der Waals surface area (Å²) in [4.78, 5) is 23.7. The highest BCUT2D eigenvalue weighted by Gasteiger charge is 2.26. The number of benzene rings is 1. The van der Waals surface area contributed by atoms with Crippen molar-refractivity contribution >= 4 is 11.8 Å². The molecule has 1 aliphatic rings. The molecule has 0 fully saturated rings. The Bertz CT molecular complexity index is 728. The first-order valence-corrected chi connectivity index (χ1v) is 7.10. The lowest BCUT2D eigenvalue weighted by molar-refractivity contribution is 0.0685. The third-order valence-electron chi connectivity index (χ3n) is 3.93. The topological polar surface area (TPSA) is 59.3 Å². The molecule has 0 bridgehead atoms. The van der Waals surface area contributed by atoms with Gasteiger partial charge < -0.3 is 9.67 Å². The lowest BCUT2D eigenvalue weighted by atomic mass is 9.97. The third-order valence-corrected chi connectivity index (χ3v) is 3.93. The van der Waals surface area contributed by atoms with Gasteiger partial charge in [0.2, 0.25) is 0 Å². The Morgan fingerprint density at radius 3 is 2.81 bits per heavy atom. The molecule has 1 N–H and O–H groups in total. The minimum Gasteiger partial charge on any atom is -0.477 e. The smallest absolute Gasteiger partial charge is 0.352 e. The Morgan fingerprint density at radius 2 is 2.10 bits per heavy atom. The van der Waals surface area contributed by atoms with E-state index in [4.69, 9.17) is 0 Å². The molecule has 1 aliphatic carbocycles. The number of carbonyl (C=O) groups excluding carboxylic acids is 1. The van der Waals surface area contributed by atoms with Gasteiger partial charge in [-0.3, -0.25) is 4.79 Å². The summed E-state index contributed by atoms with van der Waals surface area (Å²) in [7, 11) is 0. The van der Waals surface area contributed by atoms with E-state index < -0.39 is 5.97 Å². The number of aromatic nitrogens is 1. The zero-order valence-electron chi connectivity index (χ0n) is 11.9. The molecule has 3 rings (SSSR count). The summed E-state index contributed by atoms with van der Waals surface area (Å²) in [5.74, 6) is -0.929. The maximum atomic E-state index is 12.2. The summed E-state index contributed by atoms with van der Waals surface area (Å²) in [6, 6.07) is 9.58. The lowest BCUT2D eigenvalue weighted by Gasteiger charge is -2.15. The molecule has 0 saturated carbocycles. The number of rotatable bonds is 3. The maximum Gasteiger partial charge on any atom is 0.352 e. The van der Waals surface area contributed by atoms with Crippen molar-refractivity contribution in [1.82, 2.24) is 4.57 Å². The summed E-state index contributed by atoms with van der Waals surface area (Å²) in [6.07, 6.45) is 2.09. The molecule has 4 heteroatoms. The van der Waals surface area contributed by atoms with E-state index >= 15 is 0 Å². The summed E-state index contributed by atoms with van der Waals surface area (Å²) in [5, 5.41) is 9.40. The molecular weight excluding hydrogens is 266 g/mol. The number of Topliss-reactive ketones (excluding diaryl/α,β-unsaturated/α-hetero) is 1. The molecule has 108 valence electrons. The average molecular weight is 283 g/mol. The number of aromatic carboxylic acids is 1. The van der Waals surface area contributed by atoms with E-state index in [9.17, 15) is 14.7 Å². The van der Waals surface area contributed by atoms with Crippen molar-refractivity contribution in [2.24, 2.45) is 0 Å². The average Bonchev–Trinajstić information content (AvgIpc) is 2.79. The summed E-state index contributed by atoms with van der Waals surface area (Å²) in [6.45, 7) is 2.42. The molecule has 0 amide bonds. The van der Waals surface area contributed by atoms with Gasteiger partial charge >= 0.3 is 5.97 Å². The van der Waals surface area contributed by atoms with Crippen LogP contribution in [0.5, 0.6) is 0 Å². The van der Waals surface area contributed by atoms with Crippen LogP contribution in [0.25, 0.3) is 0 Å². The van der Waals surface area contributed by atoms with Gasteiger partial charge in [0.05, 0.1) is 5.69 Å². The van der Waals surface area contributed by atoms with Gasteiger partial charge in [0.25, 0.3) is 0 Å². The monoisotopic (exact) mass is 283 g/mol. The zero-order valence-corrected chi connectivity index (χ0v) is 11.9. The molecule has 21 heavy (non-hydrogen) atoms. The van der Waals surface area contributed by atoms with Crippen molar-refractivity contribution in [2.45, 2.75) is 32.7 Å². The van der Waals surface area contributed by atoms with Crippen LogP contribution in [-0.4, -0.2) is 21.4 Å². The minimum atomic E-state index is -0.982. The van der Waals surface area contributed by atoms with Crippen LogP contribution in [0.1, 0.15) is 50.5 Å². The number of ketones is 1. The van der Waals surface area contributed by atoms with Crippen molar-refractivity contribution in [3.63, 3.8) is 0 Å². The molecule has 0 unspecified atom stereocenters. The highest BCUT2D eigenvalue weighted by molar-refractivity contribution is 5.99. The highest BCUT2D eigenvalue weighted by Crippen LogP contribution is 2.26. The van der Waals surface area contributed by atoms with Gasteiger partial charge in [-0.25, -0.2) is 4.79 Å². The van der Waals surface area contributed by atoms with Crippen LogP contribution in [0.4, 0.5) is 0 Å². The van der Waals surface area contributed by atoms with Crippen molar-refractivity contribution in [3.05, 3.63) is 58.4 Å². The van der Waals surface area contributed by atoms with E-state index in [1.807, 2.05) is 31.2 Å². The zero-order chi connectivity index (χ0) is 15.0. The van der Waals surface area contributed by atoms with Crippen LogP contribution in [0.15, 0.2) is 30.3 Å². The Labute approximate surface area is 123 Å². The summed E-state index contributed by atoms with van der Waals surface area (Å²) < 4.78 is 1.66. The van der Waals surface area contributed by atoms with Crippen molar-refractivity contribution in [1.29, 1.82) is 0 Å². The normalized spacial score (nSPS) is 14.0. The number of hydrogen-bond acceptors (Lipinski definition) is 2. The van der Waals surface area contributed by atoms with E-state index in [0.29, 0.717) is 18.7 Å². The largest absolute Gasteiger partial charge is 0.477 e. The molecule has 0 atom stereocenters. The lowest BCUT2D eigenvalue weighted by Crippen LogP contribution is -2.18. The van der Waals surface area contributed by atoms with Gasteiger partial charge in [0.15, 0.2) is 5.78 Å². The van der Waals surface area contributed by atoms with Crippen LogP contribution in [0, 0.1) is 6.92 Å². The fourth-order valence-electron chi connectivity index (χ4n) is 3.02. The van der Waals surface area contributed by atoms with Gasteiger partial charge in [-0.2, -0.15) is 0 Å². The van der Waals surface area contributed by atoms with E-state index in [2.05, 4.69) is 0 Å². The first-order chi connectivity index (χ1) is 10.1. The molecule has 1 aromatic carbocycles. The molecule has 0 aliphatic heterocycles. The highest BCUT2D eigenvalue weighted by atomic mass is 16.4. The van der Waals surface area contributed by atoms with Gasteiger partial charge in [0, 0.05) is 13.0 Å². The quantitative estimate of drug-likeness (QED) is 0.941. The molecular formula is C17H17NO3. The Morgan fingerprint density at radius 1 is 1.29 bits per heavy atom. The van der Waals surface area contributed by atoms with Crippen LogP contribution in [-0.2, 0) is 13.0 Å². The number of carboxylic acids is 1. The van der Waals surface area contributed by atoms with E-state index in [0.717, 1.165) is 29.5 Å². The Kier molecular flexibility index (Phi) is 3.37. The molecule has 0 saturated heterocycles. The second kappa shape index (κ2) is 5.20. The van der Waals surface area contributed by atoms with E-state index in [1.165, 1.54) is 0 Å². The fourth-order valence-corrected chi connectivity index (χ4v) is 3.02. The van der Waals surface area contributed by atoms with Crippen LogP contribution in [0.3, 0.4) is 0 Å². The second-order valence-electron chi connectivity index (χ2n) is 5.56. The summed E-state index contributed by atoms with van der Waals surface area (Å²) in [5.41, 5.74) is 3.79. The number of hydrogen-bond donors (Lipinski definition) is 1. The van der Waals surface area contributed by atoms with Crippen LogP contribution in [0.2, 0.25) is 0 Å². The maximum absolute atomic E-state index is 12.2. The first kappa shape index (κ1) is 13.6. The number of fused-ring (bicyclic) bond motifs is 1. The first-order valence-electron chi connectivity index (χ1n) is 7.10. The molecule has 4 nitrogen and oxygen atoms in total. The van der Waals surface area contributed by atoms with E-state index in [-0.39, 0.29) is 11.5 Å². The Hall–Kier alpha value is -2.36. The van der Waals surface area contributed by atoms with E-state index in [1.54, 1.807) is 10.6 Å². The van der Waals surface area contributed by atoms with Crippen molar-refractivity contribution in [3.8, 4) is 0 Å². The molecule has 0 spiro atoms. The van der Waals surface area contributed by atoms with Crippen molar-refractivity contribution < 1.29 is 14.7 Å². The second-order valence-corrected chi connectivity index (χ2v) is 5.56. The Balaban J connectivity index is 2.09. The SMILES string of the molecule is Cc1cccc(Cn2c(C(=O)O)cc3c2C(=O)CCC3)c1. The summed E-state index contributed by atoms with van der Waals surface area (Å²) >= 11 is 0. The van der Waals surface area contributed by atoms with Gasteiger partial charge in [-0.05, 0) is 37.0 Å². The molecule has 2 aromatic rings. The van der Waals surface area contributed by atoms with Crippen LogP contribution < -0.4 is 0 Å². The number of aryl methyl sites for hydroxylation is 2.